The Morgan fingerprint density at radius 2 is 2.25 bits per heavy atom. The summed E-state index contributed by atoms with van der Waals surface area (Å²) in [6, 6.07) is 8.17. The van der Waals surface area contributed by atoms with Crippen LogP contribution in [0.25, 0.3) is 0 Å². The van der Waals surface area contributed by atoms with Crippen molar-refractivity contribution in [3.8, 4) is 0 Å². The zero-order valence-corrected chi connectivity index (χ0v) is 11.3. The van der Waals surface area contributed by atoms with Crippen LogP contribution in [0.4, 0.5) is 0 Å². The molecule has 0 bridgehead atoms. The molecule has 16 heavy (non-hydrogen) atoms. The maximum absolute atomic E-state index is 9.58. The average molecular weight is 288 g/mol. The van der Waals surface area contributed by atoms with Crippen LogP contribution >= 0.6 is 15.9 Å². The lowest BCUT2D eigenvalue weighted by atomic mass is 10.2. The first-order valence-corrected chi connectivity index (χ1v) is 6.01. The van der Waals surface area contributed by atoms with E-state index in [1.165, 1.54) is 5.56 Å². The van der Waals surface area contributed by atoms with E-state index in [9.17, 15) is 5.11 Å². The molecule has 4 heteroatoms. The first kappa shape index (κ1) is 13.6. The minimum absolute atomic E-state index is 0.378. The van der Waals surface area contributed by atoms with Gasteiger partial charge in [-0.15, -0.1) is 0 Å². The summed E-state index contributed by atoms with van der Waals surface area (Å²) >= 11 is 3.44. The number of aliphatic hydroxyl groups excluding tert-OH is 1. The van der Waals surface area contributed by atoms with Crippen LogP contribution in [0.15, 0.2) is 28.7 Å². The van der Waals surface area contributed by atoms with E-state index in [2.05, 4.69) is 33.0 Å². The third kappa shape index (κ3) is 5.07. The van der Waals surface area contributed by atoms with Crippen LogP contribution < -0.4 is 0 Å². The third-order valence-electron chi connectivity index (χ3n) is 2.22. The number of aliphatic hydroxyl groups is 1. The van der Waals surface area contributed by atoms with Gasteiger partial charge in [0, 0.05) is 24.7 Å². The van der Waals surface area contributed by atoms with Gasteiger partial charge in [0.25, 0.3) is 0 Å². The highest BCUT2D eigenvalue weighted by atomic mass is 79.9. The molecule has 0 fully saturated rings. The molecular weight excluding hydrogens is 270 g/mol. The highest BCUT2D eigenvalue weighted by Crippen LogP contribution is 2.12. The van der Waals surface area contributed by atoms with Crippen LogP contribution in [-0.4, -0.2) is 43.4 Å². The van der Waals surface area contributed by atoms with Gasteiger partial charge in [-0.3, -0.25) is 4.90 Å². The zero-order valence-electron chi connectivity index (χ0n) is 9.69. The molecule has 0 heterocycles. The van der Waals surface area contributed by atoms with E-state index >= 15 is 0 Å². The van der Waals surface area contributed by atoms with E-state index in [0.717, 1.165) is 11.0 Å². The number of ether oxygens (including phenoxy) is 1. The Bertz CT molecular complexity index is 320. The average Bonchev–Trinajstić information content (AvgIpc) is 2.17. The Labute approximate surface area is 105 Å². The van der Waals surface area contributed by atoms with Crippen molar-refractivity contribution in [2.45, 2.75) is 12.6 Å². The molecule has 1 aromatic rings. The molecule has 0 aliphatic carbocycles. The van der Waals surface area contributed by atoms with Gasteiger partial charge in [-0.05, 0) is 24.7 Å². The Morgan fingerprint density at radius 1 is 1.50 bits per heavy atom. The molecule has 0 aliphatic heterocycles. The largest absolute Gasteiger partial charge is 0.389 e. The predicted molar refractivity (Wildman–Crippen MR) is 68.4 cm³/mol. The summed E-state index contributed by atoms with van der Waals surface area (Å²) in [7, 11) is 3.58. The first-order chi connectivity index (χ1) is 7.61. The van der Waals surface area contributed by atoms with Gasteiger partial charge in [0.1, 0.15) is 0 Å². The van der Waals surface area contributed by atoms with Gasteiger partial charge in [-0.1, -0.05) is 28.1 Å². The third-order valence-corrected chi connectivity index (χ3v) is 2.72. The molecule has 0 aromatic heterocycles. The van der Waals surface area contributed by atoms with Crippen LogP contribution in [0.3, 0.4) is 0 Å². The molecule has 1 aromatic carbocycles. The summed E-state index contributed by atoms with van der Waals surface area (Å²) in [6.45, 7) is 1.81. The molecule has 90 valence electrons. The summed E-state index contributed by atoms with van der Waals surface area (Å²) in [5.41, 5.74) is 1.22. The smallest absolute Gasteiger partial charge is 0.0900 e. The summed E-state index contributed by atoms with van der Waals surface area (Å²) in [5, 5.41) is 9.58. The Balaban J connectivity index is 2.42. The number of hydrogen-bond donors (Lipinski definition) is 1. The van der Waals surface area contributed by atoms with Crippen molar-refractivity contribution >= 4 is 15.9 Å². The second kappa shape index (κ2) is 7.01. The molecular formula is C12H18BrNO2. The van der Waals surface area contributed by atoms with Crippen LogP contribution in [-0.2, 0) is 11.3 Å². The van der Waals surface area contributed by atoms with Gasteiger partial charge < -0.3 is 9.84 Å². The monoisotopic (exact) mass is 287 g/mol. The van der Waals surface area contributed by atoms with Gasteiger partial charge >= 0.3 is 0 Å². The molecule has 1 atom stereocenters. The van der Waals surface area contributed by atoms with E-state index in [0.29, 0.717) is 13.2 Å². The lowest BCUT2D eigenvalue weighted by molar-refractivity contribution is 0.0419. The number of halogens is 1. The van der Waals surface area contributed by atoms with Gasteiger partial charge in [0.15, 0.2) is 0 Å². The minimum atomic E-state index is -0.429. The van der Waals surface area contributed by atoms with E-state index in [4.69, 9.17) is 4.74 Å². The molecule has 3 nitrogen and oxygen atoms in total. The van der Waals surface area contributed by atoms with E-state index in [1.807, 2.05) is 19.2 Å². The normalized spacial score (nSPS) is 13.1. The Morgan fingerprint density at radius 3 is 2.88 bits per heavy atom. The molecule has 0 aliphatic rings. The van der Waals surface area contributed by atoms with Crippen molar-refractivity contribution < 1.29 is 9.84 Å². The first-order valence-electron chi connectivity index (χ1n) is 5.22. The molecule has 1 rings (SSSR count). The summed E-state index contributed by atoms with van der Waals surface area (Å²) in [5.74, 6) is 0. The summed E-state index contributed by atoms with van der Waals surface area (Å²) in [6.07, 6.45) is -0.429. The SMILES string of the molecule is COCC(O)CN(C)Cc1cccc(Br)c1. The van der Waals surface area contributed by atoms with Crippen molar-refractivity contribution in [3.05, 3.63) is 34.3 Å². The van der Waals surface area contributed by atoms with Gasteiger partial charge in [0.05, 0.1) is 12.7 Å². The van der Waals surface area contributed by atoms with Crippen molar-refractivity contribution in [2.24, 2.45) is 0 Å². The van der Waals surface area contributed by atoms with E-state index in [-0.39, 0.29) is 0 Å². The van der Waals surface area contributed by atoms with Gasteiger partial charge in [-0.2, -0.15) is 0 Å². The second-order valence-electron chi connectivity index (χ2n) is 3.94. The molecule has 0 radical (unpaired) electrons. The maximum Gasteiger partial charge on any atom is 0.0900 e. The fourth-order valence-corrected chi connectivity index (χ4v) is 2.06. The van der Waals surface area contributed by atoms with Crippen LogP contribution in [0.5, 0.6) is 0 Å². The van der Waals surface area contributed by atoms with E-state index in [1.54, 1.807) is 7.11 Å². The summed E-state index contributed by atoms with van der Waals surface area (Å²) in [4.78, 5) is 2.07. The van der Waals surface area contributed by atoms with Crippen molar-refractivity contribution in [1.29, 1.82) is 0 Å². The lowest BCUT2D eigenvalue weighted by Gasteiger charge is -2.20. The number of likely N-dealkylation sites (N-methyl/N-ethyl adjacent to an activating group) is 1. The number of benzene rings is 1. The number of methoxy groups -OCH3 is 1. The molecule has 0 amide bonds. The lowest BCUT2D eigenvalue weighted by Crippen LogP contribution is -2.31. The highest BCUT2D eigenvalue weighted by Gasteiger charge is 2.08. The molecule has 0 spiro atoms. The number of hydrogen-bond acceptors (Lipinski definition) is 3. The van der Waals surface area contributed by atoms with Crippen LogP contribution in [0, 0.1) is 0 Å². The van der Waals surface area contributed by atoms with Crippen LogP contribution in [0.2, 0.25) is 0 Å². The number of nitrogens with zero attached hydrogens (tertiary/aromatic N) is 1. The summed E-state index contributed by atoms with van der Waals surface area (Å²) < 4.78 is 5.97. The second-order valence-corrected chi connectivity index (χ2v) is 4.85. The topological polar surface area (TPSA) is 32.7 Å². The number of rotatable bonds is 6. The molecule has 0 saturated heterocycles. The highest BCUT2D eigenvalue weighted by molar-refractivity contribution is 9.10. The van der Waals surface area contributed by atoms with E-state index < -0.39 is 6.10 Å². The van der Waals surface area contributed by atoms with Crippen LogP contribution in [0.1, 0.15) is 5.56 Å². The maximum atomic E-state index is 9.58. The van der Waals surface area contributed by atoms with Gasteiger partial charge in [-0.25, -0.2) is 0 Å². The molecule has 1 N–H and O–H groups in total. The minimum Gasteiger partial charge on any atom is -0.389 e. The Kier molecular flexibility index (Phi) is 5.98. The van der Waals surface area contributed by atoms with Crippen molar-refractivity contribution in [3.63, 3.8) is 0 Å². The van der Waals surface area contributed by atoms with Crippen molar-refractivity contribution in [2.75, 3.05) is 27.3 Å². The fraction of sp³-hybridized carbons (Fsp3) is 0.500. The standard InChI is InChI=1S/C12H18BrNO2/c1-14(8-12(15)9-16-2)7-10-4-3-5-11(13)6-10/h3-6,12,15H,7-9H2,1-2H3. The Hall–Kier alpha value is -0.420. The van der Waals surface area contributed by atoms with Crippen molar-refractivity contribution in [1.82, 2.24) is 4.90 Å². The quantitative estimate of drug-likeness (QED) is 0.867. The van der Waals surface area contributed by atoms with Gasteiger partial charge in [0.2, 0.25) is 0 Å². The zero-order chi connectivity index (χ0) is 12.0. The predicted octanol–water partition coefficient (Wildman–Crippen LogP) is 1.89. The fourth-order valence-electron chi connectivity index (χ4n) is 1.62. The molecule has 0 saturated carbocycles. The molecule has 1 unspecified atom stereocenters.